The van der Waals surface area contributed by atoms with Gasteiger partial charge in [0.1, 0.15) is 0 Å². The summed E-state index contributed by atoms with van der Waals surface area (Å²) in [6.07, 6.45) is 2.21. The van der Waals surface area contributed by atoms with Gasteiger partial charge in [0, 0.05) is 24.0 Å². The van der Waals surface area contributed by atoms with Crippen molar-refractivity contribution in [1.82, 2.24) is 4.90 Å². The lowest BCUT2D eigenvalue weighted by molar-refractivity contribution is 0.0730. The van der Waals surface area contributed by atoms with Crippen molar-refractivity contribution in [3.8, 4) is 0 Å². The molecule has 0 aliphatic heterocycles. The average molecular weight is 300 g/mol. The van der Waals surface area contributed by atoms with Crippen molar-refractivity contribution in [2.45, 2.75) is 31.3 Å². The third kappa shape index (κ3) is 3.45. The van der Waals surface area contributed by atoms with Crippen LogP contribution in [0.4, 0.5) is 0 Å². The predicted molar refractivity (Wildman–Crippen MR) is 85.3 cm³/mol. The van der Waals surface area contributed by atoms with Crippen molar-refractivity contribution in [2.75, 3.05) is 0 Å². The Hall–Kier alpha value is -1.80. The van der Waals surface area contributed by atoms with Crippen LogP contribution < -0.4 is 0 Å². The highest BCUT2D eigenvalue weighted by Crippen LogP contribution is 2.30. The molecule has 2 aromatic rings. The maximum Gasteiger partial charge on any atom is 0.254 e. The zero-order valence-electron chi connectivity index (χ0n) is 11.8. The predicted octanol–water partition coefficient (Wildman–Crippen LogP) is 4.23. The van der Waals surface area contributed by atoms with Crippen LogP contribution in [0.3, 0.4) is 0 Å². The Labute approximate surface area is 130 Å². The maximum absolute atomic E-state index is 12.8. The Bertz CT molecular complexity index is 622. The van der Waals surface area contributed by atoms with Gasteiger partial charge < -0.3 is 4.90 Å². The van der Waals surface area contributed by atoms with Gasteiger partial charge in [-0.25, -0.2) is 0 Å². The highest BCUT2D eigenvalue weighted by molar-refractivity contribution is 6.17. The molecule has 3 rings (SSSR count). The van der Waals surface area contributed by atoms with E-state index in [1.54, 1.807) is 0 Å². The number of carbonyl (C=O) groups is 1. The molecule has 1 aliphatic carbocycles. The zero-order valence-corrected chi connectivity index (χ0v) is 12.6. The van der Waals surface area contributed by atoms with Gasteiger partial charge in [0.15, 0.2) is 0 Å². The minimum absolute atomic E-state index is 0.105. The Balaban J connectivity index is 1.81. The first kappa shape index (κ1) is 14.2. The number of benzene rings is 2. The fourth-order valence-electron chi connectivity index (χ4n) is 2.49. The molecule has 1 aliphatic rings. The molecule has 1 saturated carbocycles. The molecule has 21 heavy (non-hydrogen) atoms. The van der Waals surface area contributed by atoms with Crippen LogP contribution >= 0.6 is 11.6 Å². The minimum atomic E-state index is 0.105. The lowest BCUT2D eigenvalue weighted by Gasteiger charge is -2.23. The molecule has 0 saturated heterocycles. The molecule has 0 aromatic heterocycles. The summed E-state index contributed by atoms with van der Waals surface area (Å²) in [7, 11) is 0. The number of hydrogen-bond donors (Lipinski definition) is 0. The second kappa shape index (κ2) is 6.31. The monoisotopic (exact) mass is 299 g/mol. The lowest BCUT2D eigenvalue weighted by Crippen LogP contribution is -2.32. The number of nitrogens with zero attached hydrogens (tertiary/aromatic N) is 1. The van der Waals surface area contributed by atoms with Gasteiger partial charge in [0.2, 0.25) is 0 Å². The van der Waals surface area contributed by atoms with Crippen molar-refractivity contribution in [1.29, 1.82) is 0 Å². The van der Waals surface area contributed by atoms with Crippen LogP contribution in [0.1, 0.15) is 34.3 Å². The van der Waals surface area contributed by atoms with Crippen LogP contribution in [0.2, 0.25) is 0 Å². The topological polar surface area (TPSA) is 20.3 Å². The van der Waals surface area contributed by atoms with Crippen LogP contribution in [-0.2, 0) is 12.4 Å². The van der Waals surface area contributed by atoms with Gasteiger partial charge in [0.25, 0.3) is 5.91 Å². The number of hydrogen-bond acceptors (Lipinski definition) is 1. The molecular formula is C18H18ClNO. The molecule has 108 valence electrons. The number of carbonyl (C=O) groups excluding carboxylic acids is 1. The van der Waals surface area contributed by atoms with Gasteiger partial charge in [-0.05, 0) is 36.1 Å². The Morgan fingerprint density at radius 2 is 1.76 bits per heavy atom. The number of alkyl halides is 1. The van der Waals surface area contributed by atoms with Gasteiger partial charge in [-0.1, -0.05) is 42.5 Å². The van der Waals surface area contributed by atoms with E-state index >= 15 is 0 Å². The molecule has 0 heterocycles. The first-order valence-electron chi connectivity index (χ1n) is 7.28. The summed E-state index contributed by atoms with van der Waals surface area (Å²) in [6.45, 7) is 0.676. The summed E-state index contributed by atoms with van der Waals surface area (Å²) in [5.74, 6) is 0.539. The van der Waals surface area contributed by atoms with Crippen LogP contribution in [0, 0.1) is 0 Å². The molecule has 3 heteroatoms. The Morgan fingerprint density at radius 3 is 2.43 bits per heavy atom. The fourth-order valence-corrected chi connectivity index (χ4v) is 2.65. The molecular weight excluding hydrogens is 282 g/mol. The van der Waals surface area contributed by atoms with Crippen LogP contribution in [-0.4, -0.2) is 16.8 Å². The molecule has 2 nitrogen and oxygen atoms in total. The summed E-state index contributed by atoms with van der Waals surface area (Å²) < 4.78 is 0. The standard InChI is InChI=1S/C18H18ClNO/c19-12-15-7-4-8-16(11-15)18(21)20(17-9-10-17)13-14-5-2-1-3-6-14/h1-8,11,17H,9-10,12-13H2. The SMILES string of the molecule is O=C(c1cccc(CCl)c1)N(Cc1ccccc1)C1CC1. The van der Waals surface area contributed by atoms with Gasteiger partial charge >= 0.3 is 0 Å². The van der Waals surface area contributed by atoms with E-state index in [-0.39, 0.29) is 5.91 Å². The lowest BCUT2D eigenvalue weighted by atomic mass is 10.1. The smallest absolute Gasteiger partial charge is 0.254 e. The summed E-state index contributed by atoms with van der Waals surface area (Å²) in [5, 5.41) is 0. The van der Waals surface area contributed by atoms with Crippen molar-refractivity contribution in [3.05, 3.63) is 71.3 Å². The molecule has 0 N–H and O–H groups in total. The Morgan fingerprint density at radius 1 is 1.05 bits per heavy atom. The normalized spacial score (nSPS) is 14.0. The second-order valence-electron chi connectivity index (χ2n) is 5.48. The molecule has 0 atom stereocenters. The molecule has 0 unspecified atom stereocenters. The molecule has 1 fully saturated rings. The quantitative estimate of drug-likeness (QED) is 0.757. The Kier molecular flexibility index (Phi) is 4.26. The summed E-state index contributed by atoms with van der Waals surface area (Å²) in [6, 6.07) is 18.2. The second-order valence-corrected chi connectivity index (χ2v) is 5.75. The fraction of sp³-hybridized carbons (Fsp3) is 0.278. The van der Waals surface area contributed by atoms with Gasteiger partial charge in [-0.2, -0.15) is 0 Å². The third-order valence-electron chi connectivity index (χ3n) is 3.77. The van der Waals surface area contributed by atoms with E-state index in [4.69, 9.17) is 11.6 Å². The van der Waals surface area contributed by atoms with Crippen LogP contribution in [0.5, 0.6) is 0 Å². The summed E-state index contributed by atoms with van der Waals surface area (Å²) >= 11 is 5.86. The first-order valence-corrected chi connectivity index (χ1v) is 7.81. The minimum Gasteiger partial charge on any atom is -0.331 e. The average Bonchev–Trinajstić information content (AvgIpc) is 3.38. The number of rotatable bonds is 5. The first-order chi connectivity index (χ1) is 10.3. The van der Waals surface area contributed by atoms with E-state index in [2.05, 4.69) is 12.1 Å². The molecule has 1 amide bonds. The van der Waals surface area contributed by atoms with E-state index in [1.165, 1.54) is 5.56 Å². The van der Waals surface area contributed by atoms with Gasteiger partial charge in [0.05, 0.1) is 0 Å². The van der Waals surface area contributed by atoms with E-state index in [0.717, 1.165) is 24.0 Å². The molecule has 0 spiro atoms. The highest BCUT2D eigenvalue weighted by Gasteiger charge is 2.33. The van der Waals surface area contributed by atoms with Crippen LogP contribution in [0.25, 0.3) is 0 Å². The summed E-state index contributed by atoms with van der Waals surface area (Å²) in [4.78, 5) is 14.8. The molecule has 2 aromatic carbocycles. The van der Waals surface area contributed by atoms with Crippen LogP contribution in [0.15, 0.2) is 54.6 Å². The molecule has 0 bridgehead atoms. The van der Waals surface area contributed by atoms with Crippen molar-refractivity contribution in [3.63, 3.8) is 0 Å². The van der Waals surface area contributed by atoms with E-state index < -0.39 is 0 Å². The number of amides is 1. The molecule has 0 radical (unpaired) electrons. The number of halogens is 1. The van der Waals surface area contributed by atoms with Gasteiger partial charge in [-0.15, -0.1) is 11.6 Å². The largest absolute Gasteiger partial charge is 0.331 e. The zero-order chi connectivity index (χ0) is 14.7. The summed E-state index contributed by atoms with van der Waals surface area (Å²) in [5.41, 5.74) is 2.89. The van der Waals surface area contributed by atoms with Gasteiger partial charge in [-0.3, -0.25) is 4.79 Å². The van der Waals surface area contributed by atoms with Crippen molar-refractivity contribution < 1.29 is 4.79 Å². The maximum atomic E-state index is 12.8. The van der Waals surface area contributed by atoms with Crippen molar-refractivity contribution >= 4 is 17.5 Å². The van der Waals surface area contributed by atoms with Crippen molar-refractivity contribution in [2.24, 2.45) is 0 Å². The van der Waals surface area contributed by atoms with E-state index in [9.17, 15) is 4.79 Å². The van der Waals surface area contributed by atoms with E-state index in [1.807, 2.05) is 47.4 Å². The third-order valence-corrected chi connectivity index (χ3v) is 4.08. The van der Waals surface area contributed by atoms with E-state index in [0.29, 0.717) is 18.5 Å². The highest BCUT2D eigenvalue weighted by atomic mass is 35.5.